The van der Waals surface area contributed by atoms with Crippen LogP contribution in [0.5, 0.6) is 5.75 Å². The second-order valence-corrected chi connectivity index (χ2v) is 7.37. The quantitative estimate of drug-likeness (QED) is 0.602. The van der Waals surface area contributed by atoms with E-state index in [4.69, 9.17) is 0 Å². The van der Waals surface area contributed by atoms with Crippen molar-refractivity contribution in [3.05, 3.63) is 66.1 Å². The van der Waals surface area contributed by atoms with Crippen molar-refractivity contribution < 1.29 is 23.1 Å². The summed E-state index contributed by atoms with van der Waals surface area (Å²) in [5, 5.41) is 2.77. The molecule has 3 aromatic rings. The fourth-order valence-electron chi connectivity index (χ4n) is 3.52. The van der Waals surface area contributed by atoms with Crippen molar-refractivity contribution in [2.24, 2.45) is 0 Å². The number of ether oxygens (including phenoxy) is 1. The Hall–Kier alpha value is -3.49. The van der Waals surface area contributed by atoms with Gasteiger partial charge in [-0.15, -0.1) is 0 Å². The molecule has 3 amide bonds. The van der Waals surface area contributed by atoms with Gasteiger partial charge in [0.25, 0.3) is 5.91 Å². The number of aromatic nitrogens is 2. The Morgan fingerprint density at radius 1 is 1.17 bits per heavy atom. The molecular weight excluding hydrogens is 394 g/mol. The third kappa shape index (κ3) is 3.96. The van der Waals surface area contributed by atoms with E-state index in [-0.39, 0.29) is 18.2 Å². The largest absolute Gasteiger partial charge is 0.435 e. The van der Waals surface area contributed by atoms with Crippen LogP contribution in [0.25, 0.3) is 5.65 Å². The van der Waals surface area contributed by atoms with Gasteiger partial charge in [0.15, 0.2) is 0 Å². The average molecular weight is 414 g/mol. The van der Waals surface area contributed by atoms with E-state index in [1.54, 1.807) is 25.3 Å². The first-order valence-electron chi connectivity index (χ1n) is 9.44. The zero-order chi connectivity index (χ0) is 21.3. The molecule has 1 aromatic carbocycles. The number of imide groups is 1. The molecule has 0 aliphatic carbocycles. The first-order chi connectivity index (χ1) is 14.3. The van der Waals surface area contributed by atoms with E-state index in [2.05, 4.69) is 15.0 Å². The van der Waals surface area contributed by atoms with Crippen LogP contribution in [0.15, 0.2) is 54.9 Å². The molecule has 30 heavy (non-hydrogen) atoms. The lowest BCUT2D eigenvalue weighted by Crippen LogP contribution is -2.44. The van der Waals surface area contributed by atoms with Crippen molar-refractivity contribution in [2.75, 3.05) is 0 Å². The molecule has 156 valence electrons. The van der Waals surface area contributed by atoms with E-state index in [1.807, 2.05) is 28.8 Å². The summed E-state index contributed by atoms with van der Waals surface area (Å²) in [6.45, 7) is -1.10. The maximum atomic E-state index is 13.0. The van der Waals surface area contributed by atoms with Crippen molar-refractivity contribution in [3.8, 4) is 5.75 Å². The zero-order valence-electron chi connectivity index (χ0n) is 16.2. The maximum absolute atomic E-state index is 13.0. The van der Waals surface area contributed by atoms with Crippen LogP contribution in [-0.2, 0) is 17.8 Å². The minimum absolute atomic E-state index is 0.0730. The van der Waals surface area contributed by atoms with E-state index < -0.39 is 18.2 Å². The summed E-state index contributed by atoms with van der Waals surface area (Å²) in [5.74, 6) is -0.244. The number of pyridine rings is 1. The zero-order valence-corrected chi connectivity index (χ0v) is 16.2. The van der Waals surface area contributed by atoms with Crippen LogP contribution in [0.1, 0.15) is 24.6 Å². The smallest absolute Gasteiger partial charge is 0.387 e. The van der Waals surface area contributed by atoms with Gasteiger partial charge in [-0.2, -0.15) is 8.78 Å². The Kier molecular flexibility index (Phi) is 5.11. The van der Waals surface area contributed by atoms with Gasteiger partial charge in [-0.25, -0.2) is 9.78 Å². The molecule has 7 nitrogen and oxygen atoms in total. The summed E-state index contributed by atoms with van der Waals surface area (Å²) in [5.41, 5.74) is 1.15. The number of amides is 3. The third-order valence-electron chi connectivity index (χ3n) is 5.14. The molecule has 1 fully saturated rings. The van der Waals surface area contributed by atoms with Gasteiger partial charge < -0.3 is 14.5 Å². The topological polar surface area (TPSA) is 75.9 Å². The molecule has 4 rings (SSSR count). The Morgan fingerprint density at radius 2 is 1.93 bits per heavy atom. The lowest BCUT2D eigenvalue weighted by atomic mass is 9.93. The highest BCUT2D eigenvalue weighted by atomic mass is 19.3. The third-order valence-corrected chi connectivity index (χ3v) is 5.14. The number of hydrogen-bond acceptors (Lipinski definition) is 4. The van der Waals surface area contributed by atoms with Gasteiger partial charge in [0.2, 0.25) is 0 Å². The molecular formula is C21H20F2N4O3. The maximum Gasteiger partial charge on any atom is 0.387 e. The number of benzene rings is 1. The summed E-state index contributed by atoms with van der Waals surface area (Å²) in [4.78, 5) is 31.0. The number of nitrogens with zero attached hydrogens (tertiary/aromatic N) is 3. The molecule has 1 aliphatic rings. The number of fused-ring (bicyclic) bond motifs is 1. The number of carbonyl (C=O) groups is 2. The van der Waals surface area contributed by atoms with Gasteiger partial charge in [0, 0.05) is 12.4 Å². The predicted molar refractivity (Wildman–Crippen MR) is 104 cm³/mol. The Labute approximate surface area is 171 Å². The van der Waals surface area contributed by atoms with Gasteiger partial charge >= 0.3 is 12.6 Å². The number of alkyl halides is 2. The first-order valence-corrected chi connectivity index (χ1v) is 9.44. The first kappa shape index (κ1) is 19.8. The summed E-state index contributed by atoms with van der Waals surface area (Å²) < 4.78 is 30.7. The molecule has 9 heteroatoms. The van der Waals surface area contributed by atoms with Crippen LogP contribution in [0.3, 0.4) is 0 Å². The highest BCUT2D eigenvalue weighted by Gasteiger charge is 2.47. The summed E-state index contributed by atoms with van der Waals surface area (Å²) in [7, 11) is 0. The van der Waals surface area contributed by atoms with Gasteiger partial charge in [0.05, 0.1) is 12.2 Å². The van der Waals surface area contributed by atoms with E-state index in [9.17, 15) is 18.4 Å². The fourth-order valence-corrected chi connectivity index (χ4v) is 3.52. The minimum Gasteiger partial charge on any atom is -0.435 e. The summed E-state index contributed by atoms with van der Waals surface area (Å²) >= 11 is 0. The molecule has 1 aliphatic heterocycles. The monoisotopic (exact) mass is 414 g/mol. The number of hydrogen-bond donors (Lipinski definition) is 1. The number of nitrogens with one attached hydrogen (secondary N) is 1. The van der Waals surface area contributed by atoms with Crippen molar-refractivity contribution >= 4 is 17.6 Å². The fraction of sp³-hybridized carbons (Fsp3) is 0.286. The van der Waals surface area contributed by atoms with Crippen molar-refractivity contribution in [3.63, 3.8) is 0 Å². The molecule has 1 atom stereocenters. The van der Waals surface area contributed by atoms with E-state index in [1.165, 1.54) is 17.0 Å². The Balaban J connectivity index is 1.41. The molecule has 0 saturated carbocycles. The molecule has 0 radical (unpaired) electrons. The number of aryl methyl sites for hydroxylation is 1. The van der Waals surface area contributed by atoms with E-state index in [0.29, 0.717) is 18.5 Å². The minimum atomic E-state index is -2.88. The molecule has 3 heterocycles. The number of halogens is 2. The number of rotatable bonds is 7. The SMILES string of the molecule is C[C@@]1(CCc2ccc(OC(F)F)cc2)NC(=O)N(Cc2cn3ccccc3n2)C1=O. The van der Waals surface area contributed by atoms with Crippen LogP contribution in [-0.4, -0.2) is 38.4 Å². The highest BCUT2D eigenvalue weighted by Crippen LogP contribution is 2.25. The van der Waals surface area contributed by atoms with Gasteiger partial charge in [-0.1, -0.05) is 18.2 Å². The second-order valence-electron chi connectivity index (χ2n) is 7.37. The highest BCUT2D eigenvalue weighted by molar-refractivity contribution is 6.06. The molecule has 1 N–H and O–H groups in total. The predicted octanol–water partition coefficient (Wildman–Crippen LogP) is 3.38. The number of imidazole rings is 1. The molecule has 1 saturated heterocycles. The normalized spacial score (nSPS) is 19.0. The number of urea groups is 1. The van der Waals surface area contributed by atoms with Crippen molar-refractivity contribution in [2.45, 2.75) is 38.5 Å². The summed E-state index contributed by atoms with van der Waals surface area (Å²) in [6, 6.07) is 11.4. The van der Waals surface area contributed by atoms with Gasteiger partial charge in [-0.3, -0.25) is 9.69 Å². The van der Waals surface area contributed by atoms with Crippen molar-refractivity contribution in [1.82, 2.24) is 19.6 Å². The lowest BCUT2D eigenvalue weighted by Gasteiger charge is -2.21. The molecule has 0 unspecified atom stereocenters. The van der Waals surface area contributed by atoms with Crippen LogP contribution in [0.4, 0.5) is 13.6 Å². The standard InChI is InChI=1S/C21H20F2N4O3/c1-21(10-9-14-5-7-16(8-6-14)30-19(22)23)18(28)27(20(29)25-21)13-15-12-26-11-3-2-4-17(26)24-15/h2-8,11-12,19H,9-10,13H2,1H3,(H,25,29)/t21-/m0/s1. The second kappa shape index (κ2) is 7.74. The molecule has 2 aromatic heterocycles. The molecule has 0 bridgehead atoms. The Bertz CT molecular complexity index is 1050. The van der Waals surface area contributed by atoms with Gasteiger partial charge in [0.1, 0.15) is 16.9 Å². The van der Waals surface area contributed by atoms with Crippen molar-refractivity contribution in [1.29, 1.82) is 0 Å². The van der Waals surface area contributed by atoms with Crippen LogP contribution in [0, 0.1) is 0 Å². The Morgan fingerprint density at radius 3 is 2.63 bits per heavy atom. The lowest BCUT2D eigenvalue weighted by molar-refractivity contribution is -0.131. The average Bonchev–Trinajstić information content (AvgIpc) is 3.21. The van der Waals surface area contributed by atoms with Gasteiger partial charge in [-0.05, 0) is 49.6 Å². The van der Waals surface area contributed by atoms with Crippen LogP contribution >= 0.6 is 0 Å². The van der Waals surface area contributed by atoms with E-state index in [0.717, 1.165) is 11.2 Å². The van der Waals surface area contributed by atoms with E-state index >= 15 is 0 Å². The summed E-state index contributed by atoms with van der Waals surface area (Å²) in [6.07, 6.45) is 4.49. The number of carbonyl (C=O) groups excluding carboxylic acids is 2. The van der Waals surface area contributed by atoms with Crippen LogP contribution in [0.2, 0.25) is 0 Å². The van der Waals surface area contributed by atoms with Crippen LogP contribution < -0.4 is 10.1 Å². The molecule has 0 spiro atoms.